The Bertz CT molecular complexity index is 753. The molecule has 172 valence electrons. The summed E-state index contributed by atoms with van der Waals surface area (Å²) in [5.41, 5.74) is 1.86. The maximum absolute atomic E-state index is 11.9. The van der Waals surface area contributed by atoms with Gasteiger partial charge in [-0.2, -0.15) is 0 Å². The lowest BCUT2D eigenvalue weighted by Crippen LogP contribution is -2.44. The zero-order valence-electron chi connectivity index (χ0n) is 19.4. The minimum atomic E-state index is -0.450. The van der Waals surface area contributed by atoms with Gasteiger partial charge in [0.1, 0.15) is 0 Å². The molecule has 3 fully saturated rings. The van der Waals surface area contributed by atoms with E-state index in [9.17, 15) is 14.4 Å². The highest BCUT2D eigenvalue weighted by molar-refractivity contribution is 5.91. The number of carbonyl (C=O) groups is 3. The Morgan fingerprint density at radius 2 is 1.94 bits per heavy atom. The first kappa shape index (κ1) is 22.5. The molecule has 0 radical (unpaired) electrons. The number of rotatable bonds is 6. The average molecular weight is 431 g/mol. The molecule has 0 aliphatic heterocycles. The van der Waals surface area contributed by atoms with Crippen molar-refractivity contribution >= 4 is 17.7 Å². The lowest BCUT2D eigenvalue weighted by Gasteiger charge is -2.52. The molecule has 0 heterocycles. The minimum absolute atomic E-state index is 0.236. The first-order valence-corrected chi connectivity index (χ1v) is 12.3. The Labute approximate surface area is 186 Å². The van der Waals surface area contributed by atoms with Gasteiger partial charge in [-0.25, -0.2) is 4.79 Å². The molecule has 5 heteroatoms. The van der Waals surface area contributed by atoms with Crippen LogP contribution in [0, 0.1) is 40.9 Å². The highest BCUT2D eigenvalue weighted by Crippen LogP contribution is 2.63. The van der Waals surface area contributed by atoms with Crippen molar-refractivity contribution in [3.05, 3.63) is 11.6 Å². The third kappa shape index (κ3) is 4.75. The van der Waals surface area contributed by atoms with E-state index in [1.807, 2.05) is 6.08 Å². The van der Waals surface area contributed by atoms with Gasteiger partial charge in [0.2, 0.25) is 0 Å². The normalized spacial score (nSPS) is 36.8. The Morgan fingerprint density at radius 3 is 2.71 bits per heavy atom. The second-order valence-corrected chi connectivity index (χ2v) is 11.1. The molecule has 0 N–H and O–H groups in total. The second kappa shape index (κ2) is 9.07. The van der Waals surface area contributed by atoms with Crippen molar-refractivity contribution in [2.75, 3.05) is 13.2 Å². The van der Waals surface area contributed by atoms with Gasteiger partial charge in [0, 0.05) is 6.42 Å². The topological polar surface area (TPSA) is 69.7 Å². The van der Waals surface area contributed by atoms with Crippen molar-refractivity contribution in [2.24, 2.45) is 40.9 Å². The maximum Gasteiger partial charge on any atom is 0.344 e. The molecule has 5 nitrogen and oxygen atoms in total. The molecule has 0 unspecified atom stereocenters. The molecule has 0 aromatic carbocycles. The van der Waals surface area contributed by atoms with Gasteiger partial charge >= 0.3 is 11.9 Å². The van der Waals surface area contributed by atoms with Crippen LogP contribution >= 0.6 is 0 Å². The number of allylic oxidation sites excluding steroid dienone is 1. The largest absolute Gasteiger partial charge is 0.463 e. The molecule has 4 aliphatic rings. The third-order valence-electron chi connectivity index (χ3n) is 8.75. The van der Waals surface area contributed by atoms with E-state index in [2.05, 4.69) is 6.92 Å². The van der Waals surface area contributed by atoms with Gasteiger partial charge in [-0.1, -0.05) is 26.3 Å². The average Bonchev–Trinajstić information content (AvgIpc) is 3.07. The SMILES string of the molecule is CC(C)C(=O)OCC(=O)OCC[C@H]1C[C@H]2[C@@H]3CCC4=CC(=O)CC[C@@H]4[C@H]3CC[C@]2(C)C1. The van der Waals surface area contributed by atoms with Crippen LogP contribution in [-0.4, -0.2) is 30.9 Å². The lowest BCUT2D eigenvalue weighted by atomic mass is 9.52. The van der Waals surface area contributed by atoms with Crippen molar-refractivity contribution in [1.82, 2.24) is 0 Å². The summed E-state index contributed by atoms with van der Waals surface area (Å²) >= 11 is 0. The fourth-order valence-electron chi connectivity index (χ4n) is 7.29. The number of hydrogen-bond acceptors (Lipinski definition) is 5. The predicted molar refractivity (Wildman–Crippen MR) is 117 cm³/mol. The van der Waals surface area contributed by atoms with Crippen LogP contribution in [0.15, 0.2) is 11.6 Å². The molecule has 0 aromatic heterocycles. The van der Waals surface area contributed by atoms with E-state index in [4.69, 9.17) is 9.47 Å². The molecule has 6 atom stereocenters. The summed E-state index contributed by atoms with van der Waals surface area (Å²) in [6.45, 7) is 6.11. The van der Waals surface area contributed by atoms with E-state index in [-0.39, 0.29) is 18.5 Å². The Morgan fingerprint density at radius 1 is 1.13 bits per heavy atom. The molecule has 0 saturated heterocycles. The van der Waals surface area contributed by atoms with Crippen LogP contribution in [0.3, 0.4) is 0 Å². The van der Waals surface area contributed by atoms with Crippen LogP contribution in [0.1, 0.15) is 78.6 Å². The van der Waals surface area contributed by atoms with Crippen molar-refractivity contribution in [2.45, 2.75) is 78.6 Å². The molecular weight excluding hydrogens is 392 g/mol. The van der Waals surface area contributed by atoms with E-state index in [1.54, 1.807) is 13.8 Å². The van der Waals surface area contributed by atoms with E-state index >= 15 is 0 Å². The maximum atomic E-state index is 11.9. The first-order chi connectivity index (χ1) is 14.8. The van der Waals surface area contributed by atoms with Gasteiger partial charge in [0.25, 0.3) is 0 Å². The van der Waals surface area contributed by atoms with Gasteiger partial charge in [-0.3, -0.25) is 9.59 Å². The van der Waals surface area contributed by atoms with Crippen LogP contribution in [0.5, 0.6) is 0 Å². The van der Waals surface area contributed by atoms with Gasteiger partial charge < -0.3 is 9.47 Å². The van der Waals surface area contributed by atoms with Gasteiger partial charge in [0.05, 0.1) is 12.5 Å². The van der Waals surface area contributed by atoms with Gasteiger partial charge in [-0.15, -0.1) is 0 Å². The van der Waals surface area contributed by atoms with Crippen molar-refractivity contribution in [3.63, 3.8) is 0 Å². The molecule has 31 heavy (non-hydrogen) atoms. The zero-order chi connectivity index (χ0) is 22.2. The summed E-state index contributed by atoms with van der Waals surface area (Å²) in [7, 11) is 0. The smallest absolute Gasteiger partial charge is 0.344 e. The quantitative estimate of drug-likeness (QED) is 0.562. The van der Waals surface area contributed by atoms with Crippen molar-refractivity contribution in [3.8, 4) is 0 Å². The molecule has 0 spiro atoms. The van der Waals surface area contributed by atoms with Crippen molar-refractivity contribution in [1.29, 1.82) is 0 Å². The molecule has 4 rings (SSSR count). The van der Waals surface area contributed by atoms with Crippen LogP contribution < -0.4 is 0 Å². The first-order valence-electron chi connectivity index (χ1n) is 12.3. The lowest BCUT2D eigenvalue weighted by molar-refractivity contribution is -0.160. The summed E-state index contributed by atoms with van der Waals surface area (Å²) in [4.78, 5) is 35.2. The van der Waals surface area contributed by atoms with Gasteiger partial charge in [-0.05, 0) is 92.4 Å². The minimum Gasteiger partial charge on any atom is -0.463 e. The fraction of sp³-hybridized carbons (Fsp3) is 0.808. The summed E-state index contributed by atoms with van der Waals surface area (Å²) < 4.78 is 10.3. The Balaban J connectivity index is 1.28. The second-order valence-electron chi connectivity index (χ2n) is 11.1. The molecule has 0 bridgehead atoms. The number of esters is 2. The fourth-order valence-corrected chi connectivity index (χ4v) is 7.29. The molecule has 0 amide bonds. The van der Waals surface area contributed by atoms with E-state index in [1.165, 1.54) is 37.7 Å². The molecule has 0 aromatic rings. The highest BCUT2D eigenvalue weighted by Gasteiger charge is 2.54. The van der Waals surface area contributed by atoms with E-state index in [0.29, 0.717) is 29.6 Å². The molecule has 3 saturated carbocycles. The number of ether oxygens (including phenoxy) is 2. The number of fused-ring (bicyclic) bond motifs is 5. The van der Waals surface area contributed by atoms with Crippen molar-refractivity contribution < 1.29 is 23.9 Å². The van der Waals surface area contributed by atoms with Gasteiger partial charge in [0.15, 0.2) is 12.4 Å². The predicted octanol–water partition coefficient (Wildman–Crippen LogP) is 4.88. The number of hydrogen-bond donors (Lipinski definition) is 0. The number of ketones is 1. The summed E-state index contributed by atoms with van der Waals surface area (Å²) in [5, 5.41) is 0. The van der Waals surface area contributed by atoms with Crippen LogP contribution in [0.2, 0.25) is 0 Å². The summed E-state index contributed by atoms with van der Waals surface area (Å²) in [6.07, 6.45) is 12.1. The number of carbonyl (C=O) groups excluding carboxylic acids is 3. The molecule has 4 aliphatic carbocycles. The highest BCUT2D eigenvalue weighted by atomic mass is 16.6. The van der Waals surface area contributed by atoms with Crippen LogP contribution in [0.4, 0.5) is 0 Å². The Kier molecular flexibility index (Phi) is 6.60. The zero-order valence-corrected chi connectivity index (χ0v) is 19.4. The molecular formula is C26H38O5. The standard InChI is InChI=1S/C26H38O5/c1-16(2)25(29)31-15-24(28)30-11-9-17-12-23-22-6-4-18-13-19(27)5-7-20(18)21(22)8-10-26(23,3)14-17/h13,16-17,20-23H,4-12,14-15H2,1-3H3/t17-,20-,21+,22+,23-,26+/m0/s1. The monoisotopic (exact) mass is 430 g/mol. The summed E-state index contributed by atoms with van der Waals surface area (Å²) in [6, 6.07) is 0. The Hall–Kier alpha value is -1.65. The van der Waals surface area contributed by atoms with E-state index < -0.39 is 5.97 Å². The third-order valence-corrected chi connectivity index (χ3v) is 8.75. The van der Waals surface area contributed by atoms with E-state index in [0.717, 1.165) is 43.4 Å². The van der Waals surface area contributed by atoms with Crippen LogP contribution in [0.25, 0.3) is 0 Å². The summed E-state index contributed by atoms with van der Waals surface area (Å²) in [5.74, 6) is 2.84. The van der Waals surface area contributed by atoms with Crippen LogP contribution in [-0.2, 0) is 23.9 Å².